The summed E-state index contributed by atoms with van der Waals surface area (Å²) in [5.74, 6) is -0.146. The van der Waals surface area contributed by atoms with Crippen molar-refractivity contribution in [2.45, 2.75) is 19.8 Å². The van der Waals surface area contributed by atoms with E-state index in [1.807, 2.05) is 37.3 Å². The van der Waals surface area contributed by atoms with Gasteiger partial charge in [0.1, 0.15) is 0 Å². The number of thiazole rings is 1. The smallest absolute Gasteiger partial charge is 0.259 e. The first-order valence-corrected chi connectivity index (χ1v) is 10.5. The number of amides is 2. The molecule has 148 valence electrons. The first-order chi connectivity index (χ1) is 13.9. The molecule has 1 saturated carbocycles. The van der Waals surface area contributed by atoms with Gasteiger partial charge in [-0.05, 0) is 44.0 Å². The normalized spacial score (nSPS) is 13.2. The molecule has 0 bridgehead atoms. The average Bonchev–Trinajstić information content (AvgIpc) is 3.51. The number of nitrogens with zero attached hydrogens (tertiary/aromatic N) is 2. The highest BCUT2D eigenvalue weighted by Crippen LogP contribution is 2.34. The number of hydrogen-bond donors (Lipinski definition) is 1. The number of halogens is 1. The van der Waals surface area contributed by atoms with Crippen molar-refractivity contribution in [3.8, 4) is 11.3 Å². The van der Waals surface area contributed by atoms with Crippen molar-refractivity contribution in [3.05, 3.63) is 64.0 Å². The van der Waals surface area contributed by atoms with Crippen LogP contribution in [0.25, 0.3) is 11.3 Å². The van der Waals surface area contributed by atoms with Crippen molar-refractivity contribution < 1.29 is 9.59 Å². The molecular formula is C22H20ClN3O2S. The summed E-state index contributed by atoms with van der Waals surface area (Å²) in [4.78, 5) is 32.6. The van der Waals surface area contributed by atoms with E-state index in [0.29, 0.717) is 21.4 Å². The number of aryl methyl sites for hydroxylation is 1. The Balaban J connectivity index is 1.57. The topological polar surface area (TPSA) is 62.3 Å². The maximum atomic E-state index is 12.9. The third-order valence-electron chi connectivity index (χ3n) is 4.90. The maximum absolute atomic E-state index is 12.9. The van der Waals surface area contributed by atoms with Gasteiger partial charge in [0.05, 0.1) is 16.9 Å². The Morgan fingerprint density at radius 3 is 2.52 bits per heavy atom. The fourth-order valence-electron chi connectivity index (χ4n) is 3.17. The predicted octanol–water partition coefficient (Wildman–Crippen LogP) is 5.40. The first-order valence-electron chi connectivity index (χ1n) is 9.35. The molecule has 0 saturated heterocycles. The number of anilines is 2. The number of benzene rings is 2. The summed E-state index contributed by atoms with van der Waals surface area (Å²) < 4.78 is 0. The molecule has 2 aromatic carbocycles. The first kappa shape index (κ1) is 19.6. The molecule has 1 aliphatic rings. The SMILES string of the molecule is Cc1sc(NC(=O)c2ccccc2N(C)C(=O)C2CC2)nc1-c1ccc(Cl)cc1. The zero-order valence-electron chi connectivity index (χ0n) is 16.1. The molecule has 1 aromatic heterocycles. The molecule has 1 N–H and O–H groups in total. The minimum atomic E-state index is -0.285. The van der Waals surface area contributed by atoms with Crippen LogP contribution in [0.4, 0.5) is 10.8 Å². The highest BCUT2D eigenvalue weighted by Gasteiger charge is 2.33. The van der Waals surface area contributed by atoms with Gasteiger partial charge >= 0.3 is 0 Å². The van der Waals surface area contributed by atoms with E-state index in [9.17, 15) is 9.59 Å². The Morgan fingerprint density at radius 1 is 1.14 bits per heavy atom. The Kier molecular flexibility index (Phi) is 5.39. The van der Waals surface area contributed by atoms with Gasteiger partial charge in [-0.25, -0.2) is 4.98 Å². The van der Waals surface area contributed by atoms with E-state index in [0.717, 1.165) is 29.0 Å². The van der Waals surface area contributed by atoms with Crippen molar-refractivity contribution in [1.29, 1.82) is 0 Å². The Morgan fingerprint density at radius 2 is 1.83 bits per heavy atom. The van der Waals surface area contributed by atoms with Crippen LogP contribution >= 0.6 is 22.9 Å². The molecule has 5 nitrogen and oxygen atoms in total. The maximum Gasteiger partial charge on any atom is 0.259 e. The molecule has 1 fully saturated rings. The third-order valence-corrected chi connectivity index (χ3v) is 6.04. The van der Waals surface area contributed by atoms with Gasteiger partial charge < -0.3 is 4.90 Å². The van der Waals surface area contributed by atoms with Crippen LogP contribution in [0.15, 0.2) is 48.5 Å². The molecule has 0 spiro atoms. The molecule has 3 aromatic rings. The van der Waals surface area contributed by atoms with E-state index in [1.165, 1.54) is 11.3 Å². The number of hydrogen-bond acceptors (Lipinski definition) is 4. The molecule has 4 rings (SSSR count). The van der Waals surface area contributed by atoms with Crippen LogP contribution in [0.1, 0.15) is 28.1 Å². The van der Waals surface area contributed by atoms with Crippen LogP contribution in [-0.4, -0.2) is 23.8 Å². The molecule has 0 radical (unpaired) electrons. The highest BCUT2D eigenvalue weighted by molar-refractivity contribution is 7.16. The van der Waals surface area contributed by atoms with Crippen molar-refractivity contribution >= 4 is 45.6 Å². The lowest BCUT2D eigenvalue weighted by atomic mass is 10.1. The summed E-state index contributed by atoms with van der Waals surface area (Å²) in [5.41, 5.74) is 2.81. The minimum absolute atomic E-state index is 0.0559. The molecule has 1 aliphatic carbocycles. The Labute approximate surface area is 178 Å². The Hall–Kier alpha value is -2.70. The number of carbonyl (C=O) groups is 2. The molecule has 0 unspecified atom stereocenters. The fourth-order valence-corrected chi connectivity index (χ4v) is 4.13. The van der Waals surface area contributed by atoms with Crippen LogP contribution in [0.2, 0.25) is 5.02 Å². The van der Waals surface area contributed by atoms with E-state index < -0.39 is 0 Å². The van der Waals surface area contributed by atoms with Gasteiger partial charge in [-0.1, -0.05) is 35.9 Å². The second kappa shape index (κ2) is 7.97. The van der Waals surface area contributed by atoms with E-state index in [1.54, 1.807) is 30.1 Å². The quantitative estimate of drug-likeness (QED) is 0.595. The second-order valence-electron chi connectivity index (χ2n) is 7.07. The van der Waals surface area contributed by atoms with Gasteiger partial charge in [-0.15, -0.1) is 11.3 Å². The van der Waals surface area contributed by atoms with Gasteiger partial charge in [0.2, 0.25) is 5.91 Å². The molecule has 0 aliphatic heterocycles. The second-order valence-corrected chi connectivity index (χ2v) is 8.71. The van der Waals surface area contributed by atoms with Crippen LogP contribution in [0.5, 0.6) is 0 Å². The van der Waals surface area contributed by atoms with Crippen molar-refractivity contribution in [2.24, 2.45) is 5.92 Å². The summed E-state index contributed by atoms with van der Waals surface area (Å²) in [7, 11) is 1.72. The summed E-state index contributed by atoms with van der Waals surface area (Å²) >= 11 is 7.38. The standard InChI is InChI=1S/C22H20ClN3O2S/c1-13-19(14-9-11-16(23)12-10-14)24-22(29-13)25-20(27)17-5-3-4-6-18(17)26(2)21(28)15-7-8-15/h3-6,9-12,15H,7-8H2,1-2H3,(H,24,25,27). The van der Waals surface area contributed by atoms with Crippen molar-refractivity contribution in [3.63, 3.8) is 0 Å². The number of carbonyl (C=O) groups excluding carboxylic acids is 2. The van der Waals surface area contributed by atoms with Gasteiger partial charge in [-0.3, -0.25) is 14.9 Å². The van der Waals surface area contributed by atoms with Gasteiger partial charge in [0.15, 0.2) is 5.13 Å². The van der Waals surface area contributed by atoms with E-state index in [-0.39, 0.29) is 17.7 Å². The summed E-state index contributed by atoms with van der Waals surface area (Å²) in [6.07, 6.45) is 1.84. The average molecular weight is 426 g/mol. The number of nitrogens with one attached hydrogen (secondary N) is 1. The van der Waals surface area contributed by atoms with E-state index >= 15 is 0 Å². The lowest BCUT2D eigenvalue weighted by molar-refractivity contribution is -0.119. The van der Waals surface area contributed by atoms with E-state index in [2.05, 4.69) is 10.3 Å². The highest BCUT2D eigenvalue weighted by atomic mass is 35.5. The molecule has 2 amide bonds. The molecule has 29 heavy (non-hydrogen) atoms. The number of aromatic nitrogens is 1. The van der Waals surface area contributed by atoms with Gasteiger partial charge in [0.25, 0.3) is 5.91 Å². The summed E-state index contributed by atoms with van der Waals surface area (Å²) in [5, 5.41) is 4.06. The van der Waals surface area contributed by atoms with Gasteiger partial charge in [-0.2, -0.15) is 0 Å². The van der Waals surface area contributed by atoms with Crippen molar-refractivity contribution in [1.82, 2.24) is 4.98 Å². The number of rotatable bonds is 5. The minimum Gasteiger partial charge on any atom is -0.314 e. The van der Waals surface area contributed by atoms with Crippen molar-refractivity contribution in [2.75, 3.05) is 17.3 Å². The van der Waals surface area contributed by atoms with Crippen LogP contribution in [0, 0.1) is 12.8 Å². The van der Waals surface area contributed by atoms with Crippen LogP contribution in [0.3, 0.4) is 0 Å². The fraction of sp³-hybridized carbons (Fsp3) is 0.227. The predicted molar refractivity (Wildman–Crippen MR) is 118 cm³/mol. The largest absolute Gasteiger partial charge is 0.314 e. The van der Waals surface area contributed by atoms with Gasteiger partial charge in [0, 0.05) is 28.4 Å². The summed E-state index contributed by atoms with van der Waals surface area (Å²) in [6.45, 7) is 1.97. The third kappa shape index (κ3) is 4.18. The molecule has 7 heteroatoms. The number of para-hydroxylation sites is 1. The monoisotopic (exact) mass is 425 g/mol. The Bertz CT molecular complexity index is 1070. The van der Waals surface area contributed by atoms with Crippen LogP contribution < -0.4 is 10.2 Å². The molecule has 0 atom stereocenters. The molecule has 1 heterocycles. The zero-order valence-corrected chi connectivity index (χ0v) is 17.7. The summed E-state index contributed by atoms with van der Waals surface area (Å²) in [6, 6.07) is 14.6. The van der Waals surface area contributed by atoms with E-state index in [4.69, 9.17) is 11.6 Å². The lowest BCUT2D eigenvalue weighted by Crippen LogP contribution is -2.29. The lowest BCUT2D eigenvalue weighted by Gasteiger charge is -2.20. The molecular weight excluding hydrogens is 406 g/mol. The van der Waals surface area contributed by atoms with Crippen LogP contribution in [-0.2, 0) is 4.79 Å². The zero-order chi connectivity index (χ0) is 20.5.